The predicted molar refractivity (Wildman–Crippen MR) is 34.5 cm³/mol. The molecule has 1 heterocycles. The second-order valence-electron chi connectivity index (χ2n) is 2.46. The Morgan fingerprint density at radius 2 is 2.27 bits per heavy atom. The third-order valence-corrected chi connectivity index (χ3v) is 1.51. The Kier molecular flexibility index (Phi) is 3.16. The molecule has 3 nitrogen and oxygen atoms in total. The number of hydrogen-bond acceptors (Lipinski definition) is 3. The van der Waals surface area contributed by atoms with Crippen molar-refractivity contribution in [3.8, 4) is 0 Å². The van der Waals surface area contributed by atoms with Crippen molar-refractivity contribution < 1.29 is 18.3 Å². The van der Waals surface area contributed by atoms with Crippen molar-refractivity contribution in [1.29, 1.82) is 0 Å². The third kappa shape index (κ3) is 2.69. The molecule has 0 bridgehead atoms. The minimum absolute atomic E-state index is 0.256. The number of nitrogens with two attached hydrogens (primary N) is 1. The Hall–Kier alpha value is -0.260. The second kappa shape index (κ2) is 3.94. The van der Waals surface area contributed by atoms with Crippen LogP contribution < -0.4 is 5.73 Å². The van der Waals surface area contributed by atoms with E-state index in [-0.39, 0.29) is 12.1 Å². The van der Waals surface area contributed by atoms with Gasteiger partial charge in [-0.15, -0.1) is 0 Å². The molecule has 2 atom stereocenters. The summed E-state index contributed by atoms with van der Waals surface area (Å²) in [5.74, 6) is 0. The largest absolute Gasteiger partial charge is 0.377 e. The van der Waals surface area contributed by atoms with Crippen molar-refractivity contribution in [1.82, 2.24) is 0 Å². The number of alkyl halides is 2. The third-order valence-electron chi connectivity index (χ3n) is 1.51. The molecule has 0 aromatic carbocycles. The van der Waals surface area contributed by atoms with Crippen molar-refractivity contribution in [2.75, 3.05) is 19.8 Å². The van der Waals surface area contributed by atoms with Gasteiger partial charge in [0.2, 0.25) is 0 Å². The summed E-state index contributed by atoms with van der Waals surface area (Å²) in [4.78, 5) is 0. The summed E-state index contributed by atoms with van der Waals surface area (Å²) in [5.41, 5.74) is 5.47. The molecule has 11 heavy (non-hydrogen) atoms. The maximum absolute atomic E-state index is 11.6. The van der Waals surface area contributed by atoms with E-state index in [0.29, 0.717) is 13.2 Å². The van der Waals surface area contributed by atoms with E-state index in [1.807, 2.05) is 0 Å². The summed E-state index contributed by atoms with van der Waals surface area (Å²) in [6, 6.07) is -0.256. The van der Waals surface area contributed by atoms with Gasteiger partial charge in [0.15, 0.2) is 0 Å². The highest BCUT2D eigenvalue weighted by Crippen LogP contribution is 2.08. The first-order valence-electron chi connectivity index (χ1n) is 3.43. The van der Waals surface area contributed by atoms with Crippen LogP contribution in [0.25, 0.3) is 0 Å². The first-order valence-corrected chi connectivity index (χ1v) is 3.43. The second-order valence-corrected chi connectivity index (χ2v) is 2.46. The quantitative estimate of drug-likeness (QED) is 0.643. The zero-order valence-corrected chi connectivity index (χ0v) is 6.00. The van der Waals surface area contributed by atoms with E-state index in [1.54, 1.807) is 0 Å². The Labute approximate surface area is 63.5 Å². The molecule has 1 saturated heterocycles. The number of rotatable bonds is 3. The maximum Gasteiger partial charge on any atom is 0.261 e. The Morgan fingerprint density at radius 3 is 2.73 bits per heavy atom. The van der Waals surface area contributed by atoms with Gasteiger partial charge in [-0.3, -0.25) is 0 Å². The van der Waals surface area contributed by atoms with Crippen LogP contribution in [0, 0.1) is 0 Å². The van der Waals surface area contributed by atoms with E-state index < -0.39 is 13.0 Å². The lowest BCUT2D eigenvalue weighted by molar-refractivity contribution is -0.0294. The fourth-order valence-electron chi connectivity index (χ4n) is 0.919. The van der Waals surface area contributed by atoms with Crippen LogP contribution in [0.3, 0.4) is 0 Å². The van der Waals surface area contributed by atoms with Gasteiger partial charge in [0.25, 0.3) is 6.43 Å². The Bertz CT molecular complexity index is 123. The van der Waals surface area contributed by atoms with Gasteiger partial charge in [-0.05, 0) is 0 Å². The van der Waals surface area contributed by atoms with Gasteiger partial charge in [-0.1, -0.05) is 0 Å². The van der Waals surface area contributed by atoms with Gasteiger partial charge in [-0.2, -0.15) is 0 Å². The molecule has 0 radical (unpaired) electrons. The summed E-state index contributed by atoms with van der Waals surface area (Å²) in [6.07, 6.45) is -2.79. The Balaban J connectivity index is 2.15. The lowest BCUT2D eigenvalue weighted by Crippen LogP contribution is -2.36. The first kappa shape index (κ1) is 8.83. The van der Waals surface area contributed by atoms with Crippen LogP contribution in [-0.4, -0.2) is 38.4 Å². The van der Waals surface area contributed by atoms with Gasteiger partial charge in [0, 0.05) is 0 Å². The molecule has 0 aromatic heterocycles. The zero-order valence-electron chi connectivity index (χ0n) is 6.00. The SMILES string of the molecule is NC1COCC1OCC(F)F. The summed E-state index contributed by atoms with van der Waals surface area (Å²) in [7, 11) is 0. The summed E-state index contributed by atoms with van der Waals surface area (Å²) >= 11 is 0. The van der Waals surface area contributed by atoms with Crippen molar-refractivity contribution in [3.63, 3.8) is 0 Å². The molecule has 1 fully saturated rings. The smallest absolute Gasteiger partial charge is 0.261 e. The van der Waals surface area contributed by atoms with Gasteiger partial charge < -0.3 is 15.2 Å². The molecule has 0 saturated carbocycles. The molecule has 0 spiro atoms. The molecule has 0 aliphatic carbocycles. The summed E-state index contributed by atoms with van der Waals surface area (Å²) in [5, 5.41) is 0. The van der Waals surface area contributed by atoms with Crippen LogP contribution in [-0.2, 0) is 9.47 Å². The number of ether oxygens (including phenoxy) is 2. The molecule has 0 amide bonds. The summed E-state index contributed by atoms with van der Waals surface area (Å²) in [6.45, 7) is 0.170. The first-order chi connectivity index (χ1) is 5.20. The van der Waals surface area contributed by atoms with Gasteiger partial charge in [-0.25, -0.2) is 8.78 Å². The lowest BCUT2D eigenvalue weighted by Gasteiger charge is -2.13. The Morgan fingerprint density at radius 1 is 1.55 bits per heavy atom. The van der Waals surface area contributed by atoms with Crippen molar-refractivity contribution in [3.05, 3.63) is 0 Å². The van der Waals surface area contributed by atoms with Crippen LogP contribution in [0.4, 0.5) is 8.78 Å². The van der Waals surface area contributed by atoms with Crippen LogP contribution in [0.5, 0.6) is 0 Å². The van der Waals surface area contributed by atoms with E-state index in [2.05, 4.69) is 0 Å². The minimum Gasteiger partial charge on any atom is -0.377 e. The minimum atomic E-state index is -2.43. The molecule has 5 heteroatoms. The highest BCUT2D eigenvalue weighted by atomic mass is 19.3. The maximum atomic E-state index is 11.6. The van der Waals surface area contributed by atoms with Gasteiger partial charge >= 0.3 is 0 Å². The number of hydrogen-bond donors (Lipinski definition) is 1. The highest BCUT2D eigenvalue weighted by Gasteiger charge is 2.26. The molecule has 1 aliphatic rings. The summed E-state index contributed by atoms with van der Waals surface area (Å²) < 4.78 is 32.9. The van der Waals surface area contributed by atoms with E-state index >= 15 is 0 Å². The number of halogens is 2. The standard InChI is InChI=1S/C6H11F2NO2/c7-6(8)3-11-5-2-10-1-4(5)9/h4-6H,1-3,9H2. The van der Waals surface area contributed by atoms with Crippen LogP contribution in [0.2, 0.25) is 0 Å². The predicted octanol–water partition coefficient (Wildman–Crippen LogP) is -0.00580. The molecular weight excluding hydrogens is 156 g/mol. The average Bonchev–Trinajstić information content (AvgIpc) is 2.31. The van der Waals surface area contributed by atoms with Gasteiger partial charge in [0.05, 0.1) is 25.4 Å². The molecular formula is C6H11F2NO2. The van der Waals surface area contributed by atoms with Crippen LogP contribution >= 0.6 is 0 Å². The monoisotopic (exact) mass is 167 g/mol. The van der Waals surface area contributed by atoms with Crippen LogP contribution in [0.15, 0.2) is 0 Å². The fraction of sp³-hybridized carbons (Fsp3) is 1.00. The van der Waals surface area contributed by atoms with Crippen molar-refractivity contribution >= 4 is 0 Å². The van der Waals surface area contributed by atoms with Crippen molar-refractivity contribution in [2.45, 2.75) is 18.6 Å². The topological polar surface area (TPSA) is 44.5 Å². The van der Waals surface area contributed by atoms with E-state index in [4.69, 9.17) is 15.2 Å². The molecule has 2 unspecified atom stereocenters. The fourth-order valence-corrected chi connectivity index (χ4v) is 0.919. The van der Waals surface area contributed by atoms with Crippen LogP contribution in [0.1, 0.15) is 0 Å². The normalized spacial score (nSPS) is 31.6. The molecule has 0 aromatic rings. The van der Waals surface area contributed by atoms with E-state index in [0.717, 1.165) is 0 Å². The lowest BCUT2D eigenvalue weighted by atomic mass is 10.2. The van der Waals surface area contributed by atoms with Crippen molar-refractivity contribution in [2.24, 2.45) is 5.73 Å². The zero-order chi connectivity index (χ0) is 8.27. The average molecular weight is 167 g/mol. The van der Waals surface area contributed by atoms with E-state index in [9.17, 15) is 8.78 Å². The molecule has 1 rings (SSSR count). The molecule has 1 aliphatic heterocycles. The van der Waals surface area contributed by atoms with E-state index in [1.165, 1.54) is 0 Å². The molecule has 66 valence electrons. The molecule has 2 N–H and O–H groups in total. The van der Waals surface area contributed by atoms with Gasteiger partial charge in [0.1, 0.15) is 6.61 Å². The highest BCUT2D eigenvalue weighted by molar-refractivity contribution is 4.78.